The second kappa shape index (κ2) is 6.53. The summed E-state index contributed by atoms with van der Waals surface area (Å²) in [7, 11) is 1.95. The molecule has 6 rings (SSSR count). The Kier molecular flexibility index (Phi) is 3.93. The Morgan fingerprint density at radius 1 is 0.969 bits per heavy atom. The van der Waals surface area contributed by atoms with Crippen LogP contribution in [0, 0.1) is 12.3 Å². The molecule has 3 aliphatic rings. The molecule has 1 N–H and O–H groups in total. The molecule has 3 atom stereocenters. The van der Waals surface area contributed by atoms with Crippen LogP contribution in [0.4, 0.5) is 5.69 Å². The molecule has 160 valence electrons. The predicted molar refractivity (Wildman–Crippen MR) is 122 cm³/mol. The van der Waals surface area contributed by atoms with E-state index in [-0.39, 0.29) is 17.8 Å². The van der Waals surface area contributed by atoms with Crippen molar-refractivity contribution in [2.75, 3.05) is 18.9 Å². The molecule has 32 heavy (non-hydrogen) atoms. The van der Waals surface area contributed by atoms with E-state index in [0.29, 0.717) is 18.7 Å². The average molecular weight is 425 g/mol. The molecule has 0 saturated carbocycles. The number of likely N-dealkylation sites (tertiary alicyclic amines) is 1. The average Bonchev–Trinajstić information content (AvgIpc) is 3.23. The third-order valence-electron chi connectivity index (χ3n) is 7.74. The quantitative estimate of drug-likeness (QED) is 0.474. The van der Waals surface area contributed by atoms with Gasteiger partial charge in [0.1, 0.15) is 16.7 Å². The van der Waals surface area contributed by atoms with Gasteiger partial charge in [-0.3, -0.25) is 14.5 Å². The molecule has 0 unspecified atom stereocenters. The smallest absolute Gasteiger partial charge is 0.321 e. The van der Waals surface area contributed by atoms with Gasteiger partial charge in [-0.05, 0) is 49.2 Å². The molecule has 0 aromatic heterocycles. The lowest BCUT2D eigenvalue weighted by atomic mass is 9.57. The number of ether oxygens (including phenoxy) is 1. The number of carbonyl (C=O) groups is 2. The molecule has 0 bridgehead atoms. The number of rotatable bonds is 1. The number of anilines is 1. The van der Waals surface area contributed by atoms with Crippen LogP contribution in [0.3, 0.4) is 0 Å². The van der Waals surface area contributed by atoms with E-state index >= 15 is 0 Å². The monoisotopic (exact) mass is 424 g/mol. The Morgan fingerprint density at radius 3 is 2.53 bits per heavy atom. The number of nitrogens with one attached hydrogen (secondary N) is 1. The maximum absolute atomic E-state index is 14.1. The summed E-state index contributed by atoms with van der Waals surface area (Å²) in [6.07, 6.45) is 0.438. The Labute approximate surface area is 187 Å². The summed E-state index contributed by atoms with van der Waals surface area (Å²) in [5.41, 5.74) is 2.52. The van der Waals surface area contributed by atoms with Crippen molar-refractivity contribution in [3.63, 3.8) is 0 Å². The highest BCUT2D eigenvalue weighted by Crippen LogP contribution is 2.65. The Morgan fingerprint density at radius 2 is 1.69 bits per heavy atom. The molecule has 3 aromatic rings. The standard InChI is InChI=1S/C27H24N2O3/c1-17-9-3-5-11-19(17)21-16-29(2)27(20-12-6-7-13-22(20)28-24(27)30)26(21)15-18-10-4-8-14-23(18)32-25(26)31/h3-14,21H,15-16H2,1-2H3,(H,28,30)/t21-,26+,27+/m0/s1. The molecular weight excluding hydrogens is 400 g/mol. The summed E-state index contributed by atoms with van der Waals surface area (Å²) in [4.78, 5) is 30.1. The molecular formula is C27H24N2O3. The van der Waals surface area contributed by atoms with E-state index in [9.17, 15) is 9.59 Å². The van der Waals surface area contributed by atoms with E-state index in [4.69, 9.17) is 4.74 Å². The van der Waals surface area contributed by atoms with Crippen LogP contribution < -0.4 is 10.1 Å². The van der Waals surface area contributed by atoms with Gasteiger partial charge in [-0.2, -0.15) is 0 Å². The van der Waals surface area contributed by atoms with Gasteiger partial charge < -0.3 is 10.1 Å². The molecule has 0 radical (unpaired) electrons. The minimum atomic E-state index is -1.15. The molecule has 3 aliphatic heterocycles. The highest BCUT2D eigenvalue weighted by Gasteiger charge is 2.75. The normalized spacial score (nSPS) is 28.5. The first-order valence-corrected chi connectivity index (χ1v) is 11.0. The second-order valence-electron chi connectivity index (χ2n) is 9.15. The molecule has 1 amide bonds. The van der Waals surface area contributed by atoms with Crippen LogP contribution in [-0.4, -0.2) is 30.4 Å². The van der Waals surface area contributed by atoms with Crippen molar-refractivity contribution in [3.8, 4) is 5.75 Å². The fraction of sp³-hybridized carbons (Fsp3) is 0.259. The molecule has 1 fully saturated rings. The Balaban J connectivity index is 1.69. The fourth-order valence-electron chi connectivity index (χ4n) is 6.42. The number of benzene rings is 3. The lowest BCUT2D eigenvalue weighted by Crippen LogP contribution is -2.61. The van der Waals surface area contributed by atoms with Crippen molar-refractivity contribution in [3.05, 3.63) is 95.1 Å². The third-order valence-corrected chi connectivity index (χ3v) is 7.74. The van der Waals surface area contributed by atoms with Crippen molar-refractivity contribution < 1.29 is 14.3 Å². The lowest BCUT2D eigenvalue weighted by Gasteiger charge is -2.47. The summed E-state index contributed by atoms with van der Waals surface area (Å²) in [5, 5.41) is 3.07. The Bertz CT molecular complexity index is 1290. The number of nitrogens with zero attached hydrogens (tertiary/aromatic N) is 1. The molecule has 3 heterocycles. The number of esters is 1. The maximum atomic E-state index is 14.1. The van der Waals surface area contributed by atoms with Gasteiger partial charge in [0.15, 0.2) is 0 Å². The first-order chi connectivity index (χ1) is 15.5. The van der Waals surface area contributed by atoms with Gasteiger partial charge in [0.05, 0.1) is 0 Å². The number of fused-ring (bicyclic) bond motifs is 4. The lowest BCUT2D eigenvalue weighted by molar-refractivity contribution is -0.160. The fourth-order valence-corrected chi connectivity index (χ4v) is 6.42. The van der Waals surface area contributed by atoms with E-state index in [1.165, 1.54) is 0 Å². The zero-order valence-corrected chi connectivity index (χ0v) is 18.1. The van der Waals surface area contributed by atoms with Crippen LogP contribution in [-0.2, 0) is 21.5 Å². The number of hydrogen-bond acceptors (Lipinski definition) is 4. The summed E-state index contributed by atoms with van der Waals surface area (Å²) in [5.74, 6) is -0.108. The van der Waals surface area contributed by atoms with E-state index in [1.807, 2.05) is 67.7 Å². The number of likely N-dealkylation sites (N-methyl/N-ethyl adjacent to an activating group) is 1. The van der Waals surface area contributed by atoms with Gasteiger partial charge in [-0.15, -0.1) is 0 Å². The van der Waals surface area contributed by atoms with Crippen LogP contribution in [0.1, 0.15) is 28.2 Å². The SMILES string of the molecule is Cc1ccccc1[C@@H]1CN(C)[C@]2(C(=O)Nc3ccccc32)[C@]12Cc1ccccc1OC2=O. The van der Waals surface area contributed by atoms with E-state index < -0.39 is 11.0 Å². The zero-order valence-electron chi connectivity index (χ0n) is 18.1. The molecule has 3 aromatic carbocycles. The number of para-hydroxylation sites is 2. The van der Waals surface area contributed by atoms with Gasteiger partial charge in [0.2, 0.25) is 0 Å². The minimum Gasteiger partial charge on any atom is -0.426 e. The van der Waals surface area contributed by atoms with Crippen molar-refractivity contribution in [1.29, 1.82) is 0 Å². The number of aryl methyl sites for hydroxylation is 1. The second-order valence-corrected chi connectivity index (χ2v) is 9.15. The molecule has 0 aliphatic carbocycles. The van der Waals surface area contributed by atoms with Crippen molar-refractivity contribution in [1.82, 2.24) is 4.90 Å². The van der Waals surface area contributed by atoms with Crippen molar-refractivity contribution >= 4 is 17.6 Å². The largest absolute Gasteiger partial charge is 0.426 e. The van der Waals surface area contributed by atoms with Gasteiger partial charge in [0.25, 0.3) is 5.91 Å². The van der Waals surface area contributed by atoms with Crippen LogP contribution in [0.2, 0.25) is 0 Å². The van der Waals surface area contributed by atoms with Gasteiger partial charge in [-0.1, -0.05) is 60.7 Å². The first-order valence-electron chi connectivity index (χ1n) is 11.0. The van der Waals surface area contributed by atoms with Gasteiger partial charge >= 0.3 is 5.97 Å². The zero-order chi connectivity index (χ0) is 22.1. The van der Waals surface area contributed by atoms with Gasteiger partial charge in [-0.25, -0.2) is 0 Å². The summed E-state index contributed by atoms with van der Waals surface area (Å²) < 4.78 is 6.01. The van der Waals surface area contributed by atoms with Crippen LogP contribution in [0.15, 0.2) is 72.8 Å². The predicted octanol–water partition coefficient (Wildman–Crippen LogP) is 4.02. The third kappa shape index (κ3) is 2.16. The highest BCUT2D eigenvalue weighted by atomic mass is 16.5. The molecule has 2 spiro atoms. The van der Waals surface area contributed by atoms with Crippen LogP contribution >= 0.6 is 0 Å². The van der Waals surface area contributed by atoms with Gasteiger partial charge in [0, 0.05) is 23.7 Å². The number of hydrogen-bond donors (Lipinski definition) is 1. The van der Waals surface area contributed by atoms with Crippen molar-refractivity contribution in [2.45, 2.75) is 24.8 Å². The number of carbonyl (C=O) groups excluding carboxylic acids is 2. The maximum Gasteiger partial charge on any atom is 0.321 e. The number of amides is 1. The highest BCUT2D eigenvalue weighted by molar-refractivity contribution is 6.10. The molecule has 5 heteroatoms. The molecule has 5 nitrogen and oxygen atoms in total. The first kappa shape index (κ1) is 19.3. The van der Waals surface area contributed by atoms with E-state index in [2.05, 4.69) is 29.3 Å². The minimum absolute atomic E-state index is 0.159. The van der Waals surface area contributed by atoms with Crippen LogP contribution in [0.25, 0.3) is 0 Å². The Hall–Kier alpha value is -3.44. The summed E-state index contributed by atoms with van der Waals surface area (Å²) in [6.45, 7) is 2.64. The summed E-state index contributed by atoms with van der Waals surface area (Å²) in [6, 6.07) is 23.6. The topological polar surface area (TPSA) is 58.6 Å². The molecule has 1 saturated heterocycles. The van der Waals surface area contributed by atoms with E-state index in [0.717, 1.165) is 27.9 Å². The summed E-state index contributed by atoms with van der Waals surface area (Å²) >= 11 is 0. The van der Waals surface area contributed by atoms with E-state index in [1.54, 1.807) is 0 Å². The van der Waals surface area contributed by atoms with Crippen molar-refractivity contribution in [2.24, 2.45) is 5.41 Å². The van der Waals surface area contributed by atoms with Crippen LogP contribution in [0.5, 0.6) is 5.75 Å².